The molecule has 0 unspecified atom stereocenters. The number of rotatable bonds is 4. The maximum Gasteiger partial charge on any atom is 0.265 e. The summed E-state index contributed by atoms with van der Waals surface area (Å²) < 4.78 is 27.0. The van der Waals surface area contributed by atoms with Crippen molar-refractivity contribution in [3.8, 4) is 0 Å². The van der Waals surface area contributed by atoms with Gasteiger partial charge in [-0.2, -0.15) is 0 Å². The molecule has 2 aromatic rings. The van der Waals surface area contributed by atoms with Crippen LogP contribution in [-0.4, -0.2) is 18.4 Å². The van der Waals surface area contributed by atoms with Gasteiger partial charge in [-0.05, 0) is 19.1 Å². The Morgan fingerprint density at radius 2 is 2.20 bits per heavy atom. The van der Waals surface area contributed by atoms with Gasteiger partial charge in [-0.25, -0.2) is 13.4 Å². The fraction of sp³-hybridized carbons (Fsp3) is 0.0909. The van der Waals surface area contributed by atoms with Gasteiger partial charge in [0.2, 0.25) is 0 Å². The number of nitrogens with one attached hydrogen (secondary N) is 1. The van der Waals surface area contributed by atoms with E-state index < -0.39 is 10.0 Å². The van der Waals surface area contributed by atoms with Crippen molar-refractivity contribution in [3.05, 3.63) is 39.9 Å². The van der Waals surface area contributed by atoms with E-state index >= 15 is 0 Å². The van der Waals surface area contributed by atoms with E-state index in [0.29, 0.717) is 5.56 Å². The van der Waals surface area contributed by atoms with Crippen molar-refractivity contribution in [1.29, 1.82) is 0 Å². The number of aryl methyl sites for hydroxylation is 1. The normalized spacial score (nSPS) is 11.3. The van der Waals surface area contributed by atoms with Crippen LogP contribution >= 0.6 is 35.2 Å². The molecule has 0 radical (unpaired) electrons. The van der Waals surface area contributed by atoms with Gasteiger partial charge in [-0.1, -0.05) is 29.9 Å². The summed E-state index contributed by atoms with van der Waals surface area (Å²) in [6, 6.07) is 4.35. The third-order valence-corrected chi connectivity index (χ3v) is 5.41. The van der Waals surface area contributed by atoms with E-state index in [-0.39, 0.29) is 20.0 Å². The van der Waals surface area contributed by atoms with Crippen LogP contribution in [-0.2, 0) is 10.0 Å². The molecule has 0 saturated carbocycles. The minimum Gasteiger partial charge on any atom is -0.389 e. The Kier molecular flexibility index (Phi) is 4.28. The number of sulfonamides is 1. The Labute approximate surface area is 130 Å². The number of hydrogen-bond donors (Lipinski definition) is 2. The van der Waals surface area contributed by atoms with E-state index in [1.165, 1.54) is 23.5 Å². The van der Waals surface area contributed by atoms with Crippen molar-refractivity contribution in [2.45, 2.75) is 11.8 Å². The summed E-state index contributed by atoms with van der Waals surface area (Å²) in [5.74, 6) is 0. The molecule has 106 valence electrons. The first-order chi connectivity index (χ1) is 9.29. The van der Waals surface area contributed by atoms with Gasteiger partial charge in [0.05, 0.1) is 10.7 Å². The Bertz CT molecular complexity index is 771. The number of benzene rings is 1. The quantitative estimate of drug-likeness (QED) is 0.830. The molecule has 1 aromatic carbocycles. The number of thiazole rings is 1. The van der Waals surface area contributed by atoms with Gasteiger partial charge in [0, 0.05) is 10.9 Å². The second-order valence-corrected chi connectivity index (χ2v) is 7.26. The molecule has 3 N–H and O–H groups in total. The molecule has 2 rings (SSSR count). The molecular formula is C11H10ClN3O2S3. The summed E-state index contributed by atoms with van der Waals surface area (Å²) in [6.45, 7) is 1.77. The number of hydrogen-bond acceptors (Lipinski definition) is 5. The number of nitrogens with two attached hydrogens (primary N) is 1. The highest BCUT2D eigenvalue weighted by Gasteiger charge is 2.20. The molecule has 1 heterocycles. The number of halogens is 1. The minimum absolute atomic E-state index is 0.0858. The third-order valence-electron chi connectivity index (χ3n) is 2.35. The maximum absolute atomic E-state index is 12.3. The van der Waals surface area contributed by atoms with Gasteiger partial charge in [-0.15, -0.1) is 11.3 Å². The van der Waals surface area contributed by atoms with Crippen molar-refractivity contribution in [3.63, 3.8) is 0 Å². The highest BCUT2D eigenvalue weighted by molar-refractivity contribution is 7.93. The molecule has 0 spiro atoms. The Morgan fingerprint density at radius 1 is 1.50 bits per heavy atom. The largest absolute Gasteiger partial charge is 0.389 e. The van der Waals surface area contributed by atoms with Crippen molar-refractivity contribution in [2.24, 2.45) is 5.73 Å². The highest BCUT2D eigenvalue weighted by atomic mass is 35.5. The Morgan fingerprint density at radius 3 is 2.75 bits per heavy atom. The van der Waals surface area contributed by atoms with Crippen LogP contribution in [0.25, 0.3) is 0 Å². The molecule has 0 saturated heterocycles. The topological polar surface area (TPSA) is 85.1 Å². The predicted octanol–water partition coefficient (Wildman–Crippen LogP) is 2.54. The summed E-state index contributed by atoms with van der Waals surface area (Å²) in [4.78, 5) is 4.06. The molecule has 20 heavy (non-hydrogen) atoms. The molecule has 0 aliphatic rings. The van der Waals surface area contributed by atoms with Gasteiger partial charge in [0.1, 0.15) is 9.88 Å². The van der Waals surface area contributed by atoms with E-state index in [0.717, 1.165) is 5.69 Å². The summed E-state index contributed by atoms with van der Waals surface area (Å²) in [6.07, 6.45) is 0. The zero-order valence-electron chi connectivity index (χ0n) is 10.3. The summed E-state index contributed by atoms with van der Waals surface area (Å²) in [5, 5.41) is 2.11. The summed E-state index contributed by atoms with van der Waals surface area (Å²) >= 11 is 12.0. The van der Waals surface area contributed by atoms with Crippen LogP contribution in [0, 0.1) is 6.92 Å². The number of nitrogens with zero attached hydrogens (tertiary/aromatic N) is 1. The van der Waals surface area contributed by atoms with Crippen LogP contribution in [0.15, 0.2) is 28.5 Å². The van der Waals surface area contributed by atoms with E-state index in [1.807, 2.05) is 0 Å². The van der Waals surface area contributed by atoms with Crippen molar-refractivity contribution < 1.29 is 8.42 Å². The molecule has 0 bridgehead atoms. The van der Waals surface area contributed by atoms with Gasteiger partial charge >= 0.3 is 0 Å². The fourth-order valence-electron chi connectivity index (χ4n) is 1.43. The molecule has 0 amide bonds. The zero-order valence-corrected chi connectivity index (χ0v) is 13.5. The number of thiocarbonyl (C=S) groups is 1. The average Bonchev–Trinajstić information content (AvgIpc) is 2.73. The monoisotopic (exact) mass is 347 g/mol. The van der Waals surface area contributed by atoms with Crippen molar-refractivity contribution >= 4 is 55.3 Å². The van der Waals surface area contributed by atoms with Crippen LogP contribution in [0.3, 0.4) is 0 Å². The molecule has 0 aliphatic carbocycles. The minimum atomic E-state index is -3.84. The molecule has 0 atom stereocenters. The van der Waals surface area contributed by atoms with E-state index in [9.17, 15) is 8.42 Å². The van der Waals surface area contributed by atoms with Gasteiger partial charge in [-0.3, -0.25) is 4.72 Å². The van der Waals surface area contributed by atoms with Crippen LogP contribution in [0.1, 0.15) is 11.3 Å². The number of anilines is 1. The van der Waals surface area contributed by atoms with Gasteiger partial charge < -0.3 is 5.73 Å². The molecular weight excluding hydrogens is 338 g/mol. The van der Waals surface area contributed by atoms with Gasteiger partial charge in [0.15, 0.2) is 5.13 Å². The van der Waals surface area contributed by atoms with Crippen LogP contribution in [0.2, 0.25) is 5.02 Å². The third kappa shape index (κ3) is 3.26. The summed E-state index contributed by atoms with van der Waals surface area (Å²) in [7, 11) is -3.84. The van der Waals surface area contributed by atoms with Crippen LogP contribution < -0.4 is 10.5 Å². The predicted molar refractivity (Wildman–Crippen MR) is 85.0 cm³/mol. The molecule has 1 aromatic heterocycles. The van der Waals surface area contributed by atoms with Crippen LogP contribution in [0.5, 0.6) is 0 Å². The Hall–Kier alpha value is -1.22. The van der Waals surface area contributed by atoms with Crippen molar-refractivity contribution in [2.75, 3.05) is 4.72 Å². The smallest absolute Gasteiger partial charge is 0.265 e. The molecule has 0 aliphatic heterocycles. The lowest BCUT2D eigenvalue weighted by atomic mass is 10.2. The first kappa shape index (κ1) is 15.2. The first-order valence-electron chi connectivity index (χ1n) is 5.34. The van der Waals surface area contributed by atoms with E-state index in [1.54, 1.807) is 18.4 Å². The standard InChI is InChI=1S/C11H10ClN3O2S3/c1-6-5-19-11(14-6)15-20(16,17)9-4-7(10(13)18)2-3-8(9)12/h2-5H,1H3,(H2,13,18)(H,14,15). The fourth-order valence-corrected chi connectivity index (χ4v) is 4.03. The first-order valence-corrected chi connectivity index (χ1v) is 8.49. The maximum atomic E-state index is 12.3. The van der Waals surface area contributed by atoms with E-state index in [4.69, 9.17) is 29.6 Å². The molecule has 0 fully saturated rings. The zero-order chi connectivity index (χ0) is 14.9. The molecule has 9 heteroatoms. The second kappa shape index (κ2) is 5.65. The number of aromatic nitrogens is 1. The molecule has 5 nitrogen and oxygen atoms in total. The lowest BCUT2D eigenvalue weighted by Gasteiger charge is -2.08. The van der Waals surface area contributed by atoms with Crippen LogP contribution in [0.4, 0.5) is 5.13 Å². The highest BCUT2D eigenvalue weighted by Crippen LogP contribution is 2.26. The Balaban J connectivity index is 2.43. The van der Waals surface area contributed by atoms with Crippen molar-refractivity contribution in [1.82, 2.24) is 4.98 Å². The lowest BCUT2D eigenvalue weighted by Crippen LogP contribution is -2.15. The summed E-state index contributed by atoms with van der Waals surface area (Å²) in [5.41, 5.74) is 6.66. The van der Waals surface area contributed by atoms with E-state index in [2.05, 4.69) is 9.71 Å². The second-order valence-electron chi connectivity index (χ2n) is 3.91. The lowest BCUT2D eigenvalue weighted by molar-refractivity contribution is 0.601. The average molecular weight is 348 g/mol. The van der Waals surface area contributed by atoms with Gasteiger partial charge in [0.25, 0.3) is 10.0 Å². The SMILES string of the molecule is Cc1csc(NS(=O)(=O)c2cc(C(N)=S)ccc2Cl)n1.